The summed E-state index contributed by atoms with van der Waals surface area (Å²) in [6.07, 6.45) is 2.51. The van der Waals surface area contributed by atoms with E-state index in [1.165, 1.54) is 12.8 Å². The number of rotatable bonds is 3. The zero-order valence-electron chi connectivity index (χ0n) is 9.36. The Morgan fingerprint density at radius 3 is 2.73 bits per heavy atom. The zero-order chi connectivity index (χ0) is 10.7. The first-order chi connectivity index (χ1) is 7.29. The van der Waals surface area contributed by atoms with Crippen molar-refractivity contribution in [2.45, 2.75) is 26.7 Å². The second-order valence-corrected chi connectivity index (χ2v) is 3.78. The minimum atomic E-state index is 0.499. The molecule has 15 heavy (non-hydrogen) atoms. The molecule has 0 saturated carbocycles. The average Bonchev–Trinajstić information content (AvgIpc) is 2.70. The highest BCUT2D eigenvalue weighted by Gasteiger charge is 2.15. The van der Waals surface area contributed by atoms with Crippen molar-refractivity contribution in [3.8, 4) is 6.01 Å². The molecule has 0 bridgehead atoms. The van der Waals surface area contributed by atoms with Crippen molar-refractivity contribution in [3.05, 3.63) is 11.8 Å². The summed E-state index contributed by atoms with van der Waals surface area (Å²) in [5.74, 6) is 1.00. The van der Waals surface area contributed by atoms with E-state index in [9.17, 15) is 0 Å². The Hall–Kier alpha value is -1.32. The second-order valence-electron chi connectivity index (χ2n) is 3.78. The first kappa shape index (κ1) is 10.2. The Morgan fingerprint density at radius 2 is 2.07 bits per heavy atom. The van der Waals surface area contributed by atoms with Gasteiger partial charge in [0.1, 0.15) is 5.82 Å². The summed E-state index contributed by atoms with van der Waals surface area (Å²) < 4.78 is 5.34. The second kappa shape index (κ2) is 4.47. The third-order valence-electron chi connectivity index (χ3n) is 2.52. The number of ether oxygens (including phenoxy) is 1. The van der Waals surface area contributed by atoms with E-state index in [0.29, 0.717) is 12.6 Å². The van der Waals surface area contributed by atoms with Crippen molar-refractivity contribution in [2.24, 2.45) is 0 Å². The number of hydrogen-bond acceptors (Lipinski definition) is 4. The minimum absolute atomic E-state index is 0.499. The summed E-state index contributed by atoms with van der Waals surface area (Å²) in [6.45, 7) is 6.73. The van der Waals surface area contributed by atoms with Gasteiger partial charge in [-0.1, -0.05) is 0 Å². The Balaban J connectivity index is 2.22. The topological polar surface area (TPSA) is 38.2 Å². The molecule has 0 spiro atoms. The van der Waals surface area contributed by atoms with Crippen molar-refractivity contribution < 1.29 is 4.74 Å². The first-order valence-electron chi connectivity index (χ1n) is 5.53. The fraction of sp³-hybridized carbons (Fsp3) is 0.636. The van der Waals surface area contributed by atoms with E-state index >= 15 is 0 Å². The van der Waals surface area contributed by atoms with Gasteiger partial charge in [-0.05, 0) is 26.7 Å². The van der Waals surface area contributed by atoms with Crippen LogP contribution in [0.15, 0.2) is 6.07 Å². The molecular formula is C11H17N3O. The van der Waals surface area contributed by atoms with Crippen LogP contribution < -0.4 is 9.64 Å². The van der Waals surface area contributed by atoms with Gasteiger partial charge in [0.2, 0.25) is 0 Å². The standard InChI is InChI=1S/C11H17N3O/c1-3-15-11-12-9(2)8-10(13-11)14-6-4-5-7-14/h8H,3-7H2,1-2H3. The third kappa shape index (κ3) is 2.37. The summed E-state index contributed by atoms with van der Waals surface area (Å²) in [4.78, 5) is 10.9. The highest BCUT2D eigenvalue weighted by atomic mass is 16.5. The summed E-state index contributed by atoms with van der Waals surface area (Å²) in [5, 5.41) is 0. The summed E-state index contributed by atoms with van der Waals surface area (Å²) in [6, 6.07) is 2.52. The molecule has 0 aliphatic carbocycles. The van der Waals surface area contributed by atoms with Crippen molar-refractivity contribution >= 4 is 5.82 Å². The van der Waals surface area contributed by atoms with Crippen LogP contribution in [0, 0.1) is 6.92 Å². The van der Waals surface area contributed by atoms with Crippen LogP contribution in [-0.2, 0) is 0 Å². The molecular weight excluding hydrogens is 190 g/mol. The number of aromatic nitrogens is 2. The zero-order valence-corrected chi connectivity index (χ0v) is 9.36. The van der Waals surface area contributed by atoms with Gasteiger partial charge in [-0.25, -0.2) is 4.98 Å². The van der Waals surface area contributed by atoms with E-state index in [1.807, 2.05) is 19.9 Å². The lowest BCUT2D eigenvalue weighted by atomic mass is 10.4. The molecule has 1 saturated heterocycles. The van der Waals surface area contributed by atoms with Crippen LogP contribution in [-0.4, -0.2) is 29.7 Å². The van der Waals surface area contributed by atoms with Crippen LogP contribution in [0.5, 0.6) is 6.01 Å². The van der Waals surface area contributed by atoms with Gasteiger partial charge in [0.25, 0.3) is 0 Å². The maximum absolute atomic E-state index is 5.34. The van der Waals surface area contributed by atoms with E-state index in [1.54, 1.807) is 0 Å². The molecule has 1 aromatic heterocycles. The third-order valence-corrected chi connectivity index (χ3v) is 2.52. The molecule has 4 nitrogen and oxygen atoms in total. The normalized spacial score (nSPS) is 15.7. The van der Waals surface area contributed by atoms with Gasteiger partial charge in [-0.3, -0.25) is 0 Å². The van der Waals surface area contributed by atoms with Crippen LogP contribution in [0.4, 0.5) is 5.82 Å². The molecule has 0 amide bonds. The number of nitrogens with zero attached hydrogens (tertiary/aromatic N) is 3. The van der Waals surface area contributed by atoms with E-state index in [-0.39, 0.29) is 0 Å². The molecule has 0 N–H and O–H groups in total. The lowest BCUT2D eigenvalue weighted by Gasteiger charge is -2.17. The van der Waals surface area contributed by atoms with Gasteiger partial charge in [0.05, 0.1) is 6.61 Å². The van der Waals surface area contributed by atoms with Crippen LogP contribution in [0.3, 0.4) is 0 Å². The highest BCUT2D eigenvalue weighted by Crippen LogP contribution is 2.20. The molecule has 0 atom stereocenters. The molecule has 0 aromatic carbocycles. The molecule has 82 valence electrons. The molecule has 1 fully saturated rings. The van der Waals surface area contributed by atoms with Crippen LogP contribution in [0.25, 0.3) is 0 Å². The van der Waals surface area contributed by atoms with E-state index in [2.05, 4.69) is 14.9 Å². The van der Waals surface area contributed by atoms with Crippen LogP contribution in [0.2, 0.25) is 0 Å². The van der Waals surface area contributed by atoms with E-state index < -0.39 is 0 Å². The fourth-order valence-corrected chi connectivity index (χ4v) is 1.83. The SMILES string of the molecule is CCOc1nc(C)cc(N2CCCC2)n1. The van der Waals surface area contributed by atoms with Gasteiger partial charge in [-0.2, -0.15) is 4.98 Å². The fourth-order valence-electron chi connectivity index (χ4n) is 1.83. The lowest BCUT2D eigenvalue weighted by Crippen LogP contribution is -2.19. The maximum atomic E-state index is 5.34. The van der Waals surface area contributed by atoms with Crippen molar-refractivity contribution in [2.75, 3.05) is 24.6 Å². The summed E-state index contributed by atoms with van der Waals surface area (Å²) in [7, 11) is 0. The van der Waals surface area contributed by atoms with E-state index in [0.717, 1.165) is 24.6 Å². The first-order valence-corrected chi connectivity index (χ1v) is 5.53. The number of anilines is 1. The Bertz CT molecular complexity index is 335. The van der Waals surface area contributed by atoms with Crippen LogP contribution in [0.1, 0.15) is 25.5 Å². The largest absolute Gasteiger partial charge is 0.464 e. The predicted molar refractivity (Wildman–Crippen MR) is 59.4 cm³/mol. The van der Waals surface area contributed by atoms with Gasteiger partial charge in [-0.15, -0.1) is 0 Å². The molecule has 1 aliphatic rings. The maximum Gasteiger partial charge on any atom is 0.318 e. The average molecular weight is 207 g/mol. The van der Waals surface area contributed by atoms with Crippen molar-refractivity contribution in [1.29, 1.82) is 0 Å². The Labute approximate surface area is 90.3 Å². The number of aryl methyl sites for hydroxylation is 1. The minimum Gasteiger partial charge on any atom is -0.464 e. The van der Waals surface area contributed by atoms with Gasteiger partial charge in [0, 0.05) is 24.8 Å². The van der Waals surface area contributed by atoms with E-state index in [4.69, 9.17) is 4.74 Å². The van der Waals surface area contributed by atoms with Crippen LogP contribution >= 0.6 is 0 Å². The Morgan fingerprint density at radius 1 is 1.33 bits per heavy atom. The van der Waals surface area contributed by atoms with Crippen molar-refractivity contribution in [3.63, 3.8) is 0 Å². The summed E-state index contributed by atoms with van der Waals surface area (Å²) >= 11 is 0. The smallest absolute Gasteiger partial charge is 0.318 e. The molecule has 1 aliphatic heterocycles. The molecule has 4 heteroatoms. The monoisotopic (exact) mass is 207 g/mol. The molecule has 2 rings (SSSR count). The molecule has 1 aromatic rings. The molecule has 0 radical (unpaired) electrons. The van der Waals surface area contributed by atoms with Gasteiger partial charge >= 0.3 is 6.01 Å². The molecule has 2 heterocycles. The Kier molecular flexibility index (Phi) is 3.04. The number of hydrogen-bond donors (Lipinski definition) is 0. The van der Waals surface area contributed by atoms with Gasteiger partial charge in [0.15, 0.2) is 0 Å². The predicted octanol–water partition coefficient (Wildman–Crippen LogP) is 1.78. The highest BCUT2D eigenvalue weighted by molar-refractivity contribution is 5.41. The quantitative estimate of drug-likeness (QED) is 0.757. The van der Waals surface area contributed by atoms with Gasteiger partial charge < -0.3 is 9.64 Å². The van der Waals surface area contributed by atoms with Crippen molar-refractivity contribution in [1.82, 2.24) is 9.97 Å². The molecule has 0 unspecified atom stereocenters. The lowest BCUT2D eigenvalue weighted by molar-refractivity contribution is 0.312. The summed E-state index contributed by atoms with van der Waals surface area (Å²) in [5.41, 5.74) is 0.968.